The van der Waals surface area contributed by atoms with Crippen LogP contribution < -0.4 is 14.4 Å². The van der Waals surface area contributed by atoms with Gasteiger partial charge in [-0.15, -0.1) is 11.3 Å². The molecule has 0 radical (unpaired) electrons. The fourth-order valence-corrected chi connectivity index (χ4v) is 5.19. The molecule has 4 rings (SSSR count). The number of rotatable bonds is 6. The van der Waals surface area contributed by atoms with Gasteiger partial charge in [-0.05, 0) is 31.2 Å². The third-order valence-corrected chi connectivity index (χ3v) is 7.59. The predicted molar refractivity (Wildman–Crippen MR) is 122 cm³/mol. The average Bonchev–Trinajstić information content (AvgIpc) is 3.06. The first kappa shape index (κ1) is 22.3. The van der Waals surface area contributed by atoms with Crippen LogP contribution in [0.1, 0.15) is 12.1 Å². The van der Waals surface area contributed by atoms with Crippen molar-refractivity contribution in [2.24, 2.45) is 0 Å². The highest BCUT2D eigenvalue weighted by molar-refractivity contribution is 7.89. The Morgan fingerprint density at radius 3 is 2.50 bits per heavy atom. The average molecular weight is 474 g/mol. The number of amides is 1. The number of ether oxygens (including phenoxy) is 2. The van der Waals surface area contributed by atoms with Crippen LogP contribution in [0.3, 0.4) is 0 Å². The summed E-state index contributed by atoms with van der Waals surface area (Å²) < 4.78 is 38.6. The van der Waals surface area contributed by atoms with E-state index in [0.717, 1.165) is 16.4 Å². The zero-order chi connectivity index (χ0) is 22.7. The van der Waals surface area contributed by atoms with Gasteiger partial charge in [-0.25, -0.2) is 13.4 Å². The minimum Gasteiger partial charge on any atom is -0.490 e. The molecule has 0 aliphatic carbocycles. The molecular weight excluding hydrogens is 450 g/mol. The largest absolute Gasteiger partial charge is 0.490 e. The van der Waals surface area contributed by atoms with Crippen molar-refractivity contribution in [3.63, 3.8) is 0 Å². The van der Waals surface area contributed by atoms with Crippen LogP contribution in [0.4, 0.5) is 10.8 Å². The van der Waals surface area contributed by atoms with E-state index in [1.165, 1.54) is 35.4 Å². The summed E-state index contributed by atoms with van der Waals surface area (Å²) in [6.45, 7) is 2.45. The van der Waals surface area contributed by atoms with Gasteiger partial charge in [0, 0.05) is 24.9 Å². The third kappa shape index (κ3) is 4.62. The number of aromatic nitrogens is 1. The molecule has 168 valence electrons. The molecule has 0 fully saturated rings. The van der Waals surface area contributed by atoms with Gasteiger partial charge >= 0.3 is 0 Å². The number of carbonyl (C=O) groups excluding carboxylic acids is 1. The molecule has 3 aromatic rings. The molecule has 0 atom stereocenters. The molecule has 2 heterocycles. The summed E-state index contributed by atoms with van der Waals surface area (Å²) in [4.78, 5) is 19.2. The first-order valence-electron chi connectivity index (χ1n) is 10.0. The van der Waals surface area contributed by atoms with Crippen LogP contribution in [-0.2, 0) is 14.8 Å². The Morgan fingerprint density at radius 2 is 1.81 bits per heavy atom. The number of hydrogen-bond donors (Lipinski definition) is 0. The molecule has 10 heteroatoms. The quantitative estimate of drug-likeness (QED) is 0.544. The van der Waals surface area contributed by atoms with Crippen LogP contribution in [0.2, 0.25) is 0 Å². The first-order chi connectivity index (χ1) is 15.4. The van der Waals surface area contributed by atoms with Crippen LogP contribution in [0.15, 0.2) is 58.8 Å². The van der Waals surface area contributed by atoms with Crippen molar-refractivity contribution in [1.29, 1.82) is 0 Å². The number of thiazole rings is 1. The van der Waals surface area contributed by atoms with Gasteiger partial charge in [-0.1, -0.05) is 18.2 Å². The fourth-order valence-electron chi connectivity index (χ4n) is 3.21. The number of hydrogen-bond acceptors (Lipinski definition) is 7. The maximum Gasteiger partial charge on any atom is 0.248 e. The Kier molecular flexibility index (Phi) is 6.45. The van der Waals surface area contributed by atoms with Gasteiger partial charge in [0.25, 0.3) is 0 Å². The Labute approximate surface area is 191 Å². The number of fused-ring (bicyclic) bond motifs is 1. The Morgan fingerprint density at radius 1 is 1.09 bits per heavy atom. The zero-order valence-electron chi connectivity index (χ0n) is 17.7. The molecule has 32 heavy (non-hydrogen) atoms. The number of anilines is 2. The number of benzene rings is 2. The van der Waals surface area contributed by atoms with Gasteiger partial charge in [-0.3, -0.25) is 9.69 Å². The number of carbonyl (C=O) groups is 1. The monoisotopic (exact) mass is 473 g/mol. The van der Waals surface area contributed by atoms with Crippen molar-refractivity contribution in [3.05, 3.63) is 59.6 Å². The smallest absolute Gasteiger partial charge is 0.248 e. The lowest BCUT2D eigenvalue weighted by Gasteiger charge is -2.23. The van der Waals surface area contributed by atoms with Crippen LogP contribution in [0.25, 0.3) is 0 Å². The summed E-state index contributed by atoms with van der Waals surface area (Å²) in [7, 11) is -2.56. The lowest BCUT2D eigenvalue weighted by atomic mass is 10.3. The lowest BCUT2D eigenvalue weighted by Crippen LogP contribution is -2.39. The molecule has 0 N–H and O–H groups in total. The Bertz CT molecular complexity index is 1210. The number of sulfonamides is 1. The number of likely N-dealkylation sites (N-methyl/N-ethyl adjacent to an activating group) is 1. The van der Waals surface area contributed by atoms with E-state index >= 15 is 0 Å². The summed E-state index contributed by atoms with van der Waals surface area (Å²) in [6.07, 6.45) is 0.719. The summed E-state index contributed by atoms with van der Waals surface area (Å²) in [6, 6.07) is 13.5. The topological polar surface area (TPSA) is 89.0 Å². The minimum atomic E-state index is -3.94. The number of aryl methyl sites for hydroxylation is 1. The van der Waals surface area contributed by atoms with Gasteiger partial charge in [0.05, 0.1) is 36.0 Å². The van der Waals surface area contributed by atoms with Crippen molar-refractivity contribution in [2.75, 3.05) is 31.7 Å². The van der Waals surface area contributed by atoms with Crippen LogP contribution in [0, 0.1) is 6.92 Å². The predicted octanol–water partition coefficient (Wildman–Crippen LogP) is 3.60. The van der Waals surface area contributed by atoms with Crippen molar-refractivity contribution >= 4 is 38.1 Å². The molecule has 1 aliphatic heterocycles. The number of nitrogens with zero attached hydrogens (tertiary/aromatic N) is 3. The molecule has 1 aliphatic rings. The molecule has 0 unspecified atom stereocenters. The first-order valence-corrected chi connectivity index (χ1v) is 12.3. The standard InChI is InChI=1S/C22H23N3O5S2/c1-16-15-31-22(23-16)25(17-7-4-3-5-8-17)21(26)14-24(2)32(27,28)18-9-10-19-20(13-18)30-12-6-11-29-19/h3-5,7-10,13,15H,6,11-12,14H2,1-2H3. The molecule has 0 saturated heterocycles. The van der Waals surface area contributed by atoms with Crippen molar-refractivity contribution in [3.8, 4) is 11.5 Å². The van der Waals surface area contributed by atoms with E-state index in [0.29, 0.717) is 35.5 Å². The fraction of sp³-hybridized carbons (Fsp3) is 0.273. The van der Waals surface area contributed by atoms with E-state index in [1.54, 1.807) is 18.2 Å². The second-order valence-electron chi connectivity index (χ2n) is 7.26. The van der Waals surface area contributed by atoms with E-state index in [1.807, 2.05) is 30.5 Å². The summed E-state index contributed by atoms with van der Waals surface area (Å²) in [5.41, 5.74) is 1.40. The maximum atomic E-state index is 13.3. The highest BCUT2D eigenvalue weighted by atomic mass is 32.2. The molecule has 1 amide bonds. The number of para-hydroxylation sites is 1. The van der Waals surface area contributed by atoms with Gasteiger partial charge in [0.2, 0.25) is 15.9 Å². The third-order valence-electron chi connectivity index (χ3n) is 4.85. The summed E-state index contributed by atoms with van der Waals surface area (Å²) >= 11 is 1.32. The van der Waals surface area contributed by atoms with Gasteiger partial charge in [0.15, 0.2) is 16.6 Å². The second kappa shape index (κ2) is 9.27. The van der Waals surface area contributed by atoms with E-state index in [9.17, 15) is 13.2 Å². The van der Waals surface area contributed by atoms with Crippen molar-refractivity contribution < 1.29 is 22.7 Å². The highest BCUT2D eigenvalue weighted by Crippen LogP contribution is 2.33. The van der Waals surface area contributed by atoms with E-state index in [-0.39, 0.29) is 11.4 Å². The second-order valence-corrected chi connectivity index (χ2v) is 10.1. The lowest BCUT2D eigenvalue weighted by molar-refractivity contribution is -0.117. The molecule has 0 saturated carbocycles. The minimum absolute atomic E-state index is 0.0356. The SMILES string of the molecule is Cc1csc(N(C(=O)CN(C)S(=O)(=O)c2ccc3c(c2)OCCCO3)c2ccccc2)n1. The zero-order valence-corrected chi connectivity index (χ0v) is 19.4. The van der Waals surface area contributed by atoms with Crippen LogP contribution in [-0.4, -0.2) is 50.4 Å². The van der Waals surface area contributed by atoms with E-state index in [2.05, 4.69) is 4.98 Å². The molecule has 2 aromatic carbocycles. The maximum absolute atomic E-state index is 13.3. The highest BCUT2D eigenvalue weighted by Gasteiger charge is 2.29. The van der Waals surface area contributed by atoms with Crippen molar-refractivity contribution in [2.45, 2.75) is 18.2 Å². The molecule has 0 bridgehead atoms. The molecule has 8 nitrogen and oxygen atoms in total. The van der Waals surface area contributed by atoms with Crippen LogP contribution in [0.5, 0.6) is 11.5 Å². The summed E-state index contributed by atoms with van der Waals surface area (Å²) in [5, 5.41) is 2.33. The molecule has 1 aromatic heterocycles. The van der Waals surface area contributed by atoms with Gasteiger partial charge in [-0.2, -0.15) is 4.31 Å². The van der Waals surface area contributed by atoms with E-state index in [4.69, 9.17) is 9.47 Å². The Balaban J connectivity index is 1.59. The normalized spacial score (nSPS) is 13.6. The molecule has 0 spiro atoms. The Hall–Kier alpha value is -2.95. The van der Waals surface area contributed by atoms with Crippen molar-refractivity contribution in [1.82, 2.24) is 9.29 Å². The van der Waals surface area contributed by atoms with Crippen LogP contribution >= 0.6 is 11.3 Å². The molecular formula is C22H23N3O5S2. The van der Waals surface area contributed by atoms with Gasteiger partial charge in [0.1, 0.15) is 0 Å². The van der Waals surface area contributed by atoms with Gasteiger partial charge < -0.3 is 9.47 Å². The summed E-state index contributed by atoms with van der Waals surface area (Å²) in [5.74, 6) is 0.480. The van der Waals surface area contributed by atoms with E-state index < -0.39 is 15.9 Å².